The van der Waals surface area contributed by atoms with Crippen LogP contribution in [-0.2, 0) is 0 Å². The maximum absolute atomic E-state index is 5.70. The van der Waals surface area contributed by atoms with Crippen molar-refractivity contribution >= 4 is 34.8 Å². The second kappa shape index (κ2) is 5.23. The van der Waals surface area contributed by atoms with Crippen molar-refractivity contribution in [2.45, 2.75) is 19.9 Å². The van der Waals surface area contributed by atoms with Gasteiger partial charge in [0.15, 0.2) is 0 Å². The normalized spacial score (nSPS) is 20.4. The summed E-state index contributed by atoms with van der Waals surface area (Å²) in [7, 11) is 0. The van der Waals surface area contributed by atoms with Crippen molar-refractivity contribution in [1.82, 2.24) is 4.98 Å². The first-order valence-electron chi connectivity index (χ1n) is 5.71. The average Bonchev–Trinajstić information content (AvgIpc) is 2.28. The molecule has 1 fully saturated rings. The molecule has 0 aromatic carbocycles. The van der Waals surface area contributed by atoms with E-state index in [1.165, 1.54) is 0 Å². The molecule has 1 aliphatic heterocycles. The highest BCUT2D eigenvalue weighted by Crippen LogP contribution is 2.23. The summed E-state index contributed by atoms with van der Waals surface area (Å²) < 4.78 is 0. The van der Waals surface area contributed by atoms with Crippen LogP contribution in [0.15, 0.2) is 12.1 Å². The minimum absolute atomic E-state index is 0.441. The van der Waals surface area contributed by atoms with Gasteiger partial charge in [-0.2, -0.15) is 11.8 Å². The Morgan fingerprint density at radius 3 is 3.00 bits per heavy atom. The molecular weight excluding hydrogens is 250 g/mol. The van der Waals surface area contributed by atoms with Gasteiger partial charge >= 0.3 is 0 Å². The van der Waals surface area contributed by atoms with E-state index < -0.39 is 0 Å². The SMILES string of the molecule is Cc1cc(C(N)=S)cc(N2CCSCC2C)n1. The average molecular weight is 267 g/mol. The van der Waals surface area contributed by atoms with Crippen molar-refractivity contribution in [2.24, 2.45) is 5.73 Å². The van der Waals surface area contributed by atoms with E-state index in [0.29, 0.717) is 11.0 Å². The highest BCUT2D eigenvalue weighted by atomic mass is 32.2. The van der Waals surface area contributed by atoms with E-state index in [-0.39, 0.29) is 0 Å². The minimum Gasteiger partial charge on any atom is -0.389 e. The molecule has 0 amide bonds. The van der Waals surface area contributed by atoms with Crippen LogP contribution in [0.1, 0.15) is 18.2 Å². The Kier molecular flexibility index (Phi) is 3.89. The quantitative estimate of drug-likeness (QED) is 0.830. The fourth-order valence-electron chi connectivity index (χ4n) is 2.01. The summed E-state index contributed by atoms with van der Waals surface area (Å²) >= 11 is 7.04. The predicted molar refractivity (Wildman–Crippen MR) is 79.0 cm³/mol. The summed E-state index contributed by atoms with van der Waals surface area (Å²) in [4.78, 5) is 7.37. The number of thioether (sulfide) groups is 1. The lowest BCUT2D eigenvalue weighted by molar-refractivity contribution is 0.688. The Labute approximate surface area is 112 Å². The molecule has 0 radical (unpaired) electrons. The molecule has 1 unspecified atom stereocenters. The van der Waals surface area contributed by atoms with Gasteiger partial charge in [-0.15, -0.1) is 0 Å². The third-order valence-electron chi connectivity index (χ3n) is 2.89. The Morgan fingerprint density at radius 2 is 2.35 bits per heavy atom. The Bertz CT molecular complexity index is 434. The van der Waals surface area contributed by atoms with Crippen LogP contribution < -0.4 is 10.6 Å². The van der Waals surface area contributed by atoms with E-state index in [2.05, 4.69) is 16.8 Å². The van der Waals surface area contributed by atoms with Crippen molar-refractivity contribution < 1.29 is 0 Å². The number of pyridine rings is 1. The molecule has 1 aromatic rings. The molecule has 1 atom stereocenters. The number of rotatable bonds is 2. The number of nitrogens with two attached hydrogens (primary N) is 1. The summed E-state index contributed by atoms with van der Waals surface area (Å²) in [5.74, 6) is 3.31. The second-order valence-electron chi connectivity index (χ2n) is 4.34. The van der Waals surface area contributed by atoms with Crippen LogP contribution in [0.5, 0.6) is 0 Å². The fraction of sp³-hybridized carbons (Fsp3) is 0.500. The summed E-state index contributed by atoms with van der Waals surface area (Å²) in [5.41, 5.74) is 7.58. The summed E-state index contributed by atoms with van der Waals surface area (Å²) in [6.07, 6.45) is 0. The third-order valence-corrected chi connectivity index (χ3v) is 4.31. The van der Waals surface area contributed by atoms with Crippen LogP contribution in [0, 0.1) is 6.92 Å². The van der Waals surface area contributed by atoms with Crippen LogP contribution in [0.2, 0.25) is 0 Å². The van der Waals surface area contributed by atoms with Gasteiger partial charge in [0.25, 0.3) is 0 Å². The van der Waals surface area contributed by atoms with Crippen molar-refractivity contribution in [2.75, 3.05) is 23.0 Å². The smallest absolute Gasteiger partial charge is 0.129 e. The van der Waals surface area contributed by atoms with Gasteiger partial charge in [-0.3, -0.25) is 0 Å². The molecule has 0 aliphatic carbocycles. The molecule has 2 N–H and O–H groups in total. The lowest BCUT2D eigenvalue weighted by Gasteiger charge is -2.34. The zero-order valence-electron chi connectivity index (χ0n) is 10.1. The molecule has 0 bridgehead atoms. The van der Waals surface area contributed by atoms with Gasteiger partial charge in [-0.25, -0.2) is 4.98 Å². The lowest BCUT2D eigenvalue weighted by atomic mass is 10.2. The molecule has 0 spiro atoms. The largest absolute Gasteiger partial charge is 0.389 e. The monoisotopic (exact) mass is 267 g/mol. The zero-order valence-corrected chi connectivity index (χ0v) is 11.8. The standard InChI is InChI=1S/C12H17N3S2/c1-8-5-10(12(13)16)6-11(14-8)15-3-4-17-7-9(15)2/h5-6,9H,3-4,7H2,1-2H3,(H2,13,16). The molecule has 2 heterocycles. The summed E-state index contributed by atoms with van der Waals surface area (Å²) in [6, 6.07) is 4.46. The van der Waals surface area contributed by atoms with E-state index in [9.17, 15) is 0 Å². The second-order valence-corrected chi connectivity index (χ2v) is 5.93. The predicted octanol–water partition coefficient (Wildman–Crippen LogP) is 1.97. The van der Waals surface area contributed by atoms with Crippen molar-refractivity contribution in [3.05, 3.63) is 23.4 Å². The fourth-order valence-corrected chi connectivity index (χ4v) is 3.14. The van der Waals surface area contributed by atoms with Gasteiger partial charge in [-0.1, -0.05) is 12.2 Å². The number of thiocarbonyl (C=S) groups is 1. The number of aromatic nitrogens is 1. The van der Waals surface area contributed by atoms with Gasteiger partial charge in [0.05, 0.1) is 0 Å². The molecule has 3 nitrogen and oxygen atoms in total. The topological polar surface area (TPSA) is 42.1 Å². The van der Waals surface area contributed by atoms with Crippen LogP contribution in [0.3, 0.4) is 0 Å². The number of anilines is 1. The zero-order chi connectivity index (χ0) is 12.4. The van der Waals surface area contributed by atoms with Crippen molar-refractivity contribution in [1.29, 1.82) is 0 Å². The molecule has 5 heteroatoms. The van der Waals surface area contributed by atoms with Gasteiger partial charge in [-0.05, 0) is 26.0 Å². The maximum Gasteiger partial charge on any atom is 0.129 e. The van der Waals surface area contributed by atoms with Gasteiger partial charge < -0.3 is 10.6 Å². The highest BCUT2D eigenvalue weighted by molar-refractivity contribution is 7.99. The Morgan fingerprint density at radius 1 is 1.59 bits per heavy atom. The van der Waals surface area contributed by atoms with E-state index in [4.69, 9.17) is 18.0 Å². The lowest BCUT2D eigenvalue weighted by Crippen LogP contribution is -2.41. The summed E-state index contributed by atoms with van der Waals surface area (Å²) in [5, 5.41) is 0. The number of aryl methyl sites for hydroxylation is 1. The van der Waals surface area contributed by atoms with Crippen molar-refractivity contribution in [3.63, 3.8) is 0 Å². The van der Waals surface area contributed by atoms with E-state index in [0.717, 1.165) is 35.1 Å². The van der Waals surface area contributed by atoms with E-state index >= 15 is 0 Å². The Balaban J connectivity index is 2.33. The molecule has 17 heavy (non-hydrogen) atoms. The molecule has 2 rings (SSSR count). The van der Waals surface area contributed by atoms with Crippen LogP contribution in [-0.4, -0.2) is 34.1 Å². The number of nitrogens with zero attached hydrogens (tertiary/aromatic N) is 2. The maximum atomic E-state index is 5.70. The van der Waals surface area contributed by atoms with E-state index in [1.807, 2.05) is 30.8 Å². The number of hydrogen-bond donors (Lipinski definition) is 1. The van der Waals surface area contributed by atoms with E-state index in [1.54, 1.807) is 0 Å². The molecule has 92 valence electrons. The third kappa shape index (κ3) is 2.90. The van der Waals surface area contributed by atoms with Gasteiger partial charge in [0.1, 0.15) is 10.8 Å². The first-order valence-corrected chi connectivity index (χ1v) is 7.27. The molecule has 1 aromatic heterocycles. The van der Waals surface area contributed by atoms with Crippen LogP contribution in [0.25, 0.3) is 0 Å². The first-order chi connectivity index (χ1) is 8.08. The first kappa shape index (κ1) is 12.6. The van der Waals surface area contributed by atoms with Crippen molar-refractivity contribution in [3.8, 4) is 0 Å². The number of hydrogen-bond acceptors (Lipinski definition) is 4. The Hall–Kier alpha value is -0.810. The molecule has 0 saturated carbocycles. The van der Waals surface area contributed by atoms with Gasteiger partial charge in [0.2, 0.25) is 0 Å². The summed E-state index contributed by atoms with van der Waals surface area (Å²) in [6.45, 7) is 5.25. The highest BCUT2D eigenvalue weighted by Gasteiger charge is 2.20. The molecule has 1 saturated heterocycles. The van der Waals surface area contributed by atoms with Crippen LogP contribution in [0.4, 0.5) is 5.82 Å². The molecule has 1 aliphatic rings. The van der Waals surface area contributed by atoms with Crippen LogP contribution >= 0.6 is 24.0 Å². The molecular formula is C12H17N3S2. The van der Waals surface area contributed by atoms with Gasteiger partial charge in [0, 0.05) is 35.3 Å². The minimum atomic E-state index is 0.441.